The lowest BCUT2D eigenvalue weighted by atomic mass is 10.0. The second kappa shape index (κ2) is 7.38. The van der Waals surface area contributed by atoms with Gasteiger partial charge in [0.15, 0.2) is 0 Å². The minimum absolute atomic E-state index is 0.204. The lowest BCUT2D eigenvalue weighted by Crippen LogP contribution is -2.52. The zero-order valence-corrected chi connectivity index (χ0v) is 15.6. The zero-order chi connectivity index (χ0) is 20.5. The van der Waals surface area contributed by atoms with E-state index >= 15 is 0 Å². The summed E-state index contributed by atoms with van der Waals surface area (Å²) in [5, 5.41) is 5.12. The van der Waals surface area contributed by atoms with Crippen molar-refractivity contribution in [2.75, 3.05) is 5.73 Å². The fourth-order valence-corrected chi connectivity index (χ4v) is 3.64. The van der Waals surface area contributed by atoms with Gasteiger partial charge in [-0.15, -0.1) is 0 Å². The Labute approximate surface area is 167 Å². The van der Waals surface area contributed by atoms with Crippen molar-refractivity contribution in [3.05, 3.63) is 64.7 Å². The van der Waals surface area contributed by atoms with E-state index in [2.05, 4.69) is 10.6 Å². The first-order valence-electron chi connectivity index (χ1n) is 9.32. The number of benzene rings is 2. The Bertz CT molecular complexity index is 1020. The number of hydrogen-bond acceptors (Lipinski definition) is 5. The highest BCUT2D eigenvalue weighted by Crippen LogP contribution is 2.28. The van der Waals surface area contributed by atoms with Crippen molar-refractivity contribution >= 4 is 29.3 Å². The number of nitrogen functional groups attached to an aromatic ring is 1. The standard InChI is InChI=1S/C21H20N4O4/c22-15-4-1-12(2-5-15)10-23-19(27)13-3-6-16-14(9-13)11-25(21(16)29)17-7-8-18(26)24-20(17)28/h1-6,9,17H,7-8,10-11,22H2,(H,23,27)(H,24,26,28). The maximum Gasteiger partial charge on any atom is 0.255 e. The number of imide groups is 1. The molecule has 0 radical (unpaired) electrons. The number of nitrogens with one attached hydrogen (secondary N) is 2. The van der Waals surface area contributed by atoms with Crippen LogP contribution in [0.2, 0.25) is 0 Å². The van der Waals surface area contributed by atoms with E-state index in [1.54, 1.807) is 30.3 Å². The number of fused-ring (bicyclic) bond motifs is 1. The summed E-state index contributed by atoms with van der Waals surface area (Å²) in [6.45, 7) is 0.594. The van der Waals surface area contributed by atoms with Crippen LogP contribution in [0.5, 0.6) is 0 Å². The molecule has 2 aromatic carbocycles. The average molecular weight is 392 g/mol. The monoisotopic (exact) mass is 392 g/mol. The second-order valence-electron chi connectivity index (χ2n) is 7.20. The Balaban J connectivity index is 1.45. The average Bonchev–Trinajstić information content (AvgIpc) is 3.03. The summed E-state index contributed by atoms with van der Waals surface area (Å²) in [5.74, 6) is -1.29. The summed E-state index contributed by atoms with van der Waals surface area (Å²) >= 11 is 0. The molecule has 2 aliphatic heterocycles. The molecule has 1 unspecified atom stereocenters. The van der Waals surface area contributed by atoms with Crippen molar-refractivity contribution in [3.63, 3.8) is 0 Å². The van der Waals surface area contributed by atoms with Gasteiger partial charge in [0.1, 0.15) is 6.04 Å². The fraction of sp³-hybridized carbons (Fsp3) is 0.238. The van der Waals surface area contributed by atoms with Crippen LogP contribution in [0, 0.1) is 0 Å². The second-order valence-corrected chi connectivity index (χ2v) is 7.20. The summed E-state index contributed by atoms with van der Waals surface area (Å²) in [4.78, 5) is 50.1. The molecule has 1 atom stereocenters. The van der Waals surface area contributed by atoms with Gasteiger partial charge in [0, 0.05) is 36.3 Å². The highest BCUT2D eigenvalue weighted by atomic mass is 16.2. The van der Waals surface area contributed by atoms with Crippen molar-refractivity contribution in [2.24, 2.45) is 0 Å². The molecule has 0 spiro atoms. The third-order valence-electron chi connectivity index (χ3n) is 5.22. The number of nitrogens with two attached hydrogens (primary N) is 1. The first-order chi connectivity index (χ1) is 13.9. The van der Waals surface area contributed by atoms with Gasteiger partial charge in [-0.3, -0.25) is 24.5 Å². The molecule has 8 nitrogen and oxygen atoms in total. The fourth-order valence-electron chi connectivity index (χ4n) is 3.64. The van der Waals surface area contributed by atoms with Gasteiger partial charge < -0.3 is 16.0 Å². The van der Waals surface area contributed by atoms with E-state index in [-0.39, 0.29) is 30.7 Å². The molecule has 2 aliphatic rings. The zero-order valence-electron chi connectivity index (χ0n) is 15.6. The van der Waals surface area contributed by atoms with Gasteiger partial charge in [-0.1, -0.05) is 12.1 Å². The lowest BCUT2D eigenvalue weighted by molar-refractivity contribution is -0.136. The van der Waals surface area contributed by atoms with Gasteiger partial charge in [0.2, 0.25) is 11.8 Å². The predicted octanol–water partition coefficient (Wildman–Crippen LogP) is 0.960. The van der Waals surface area contributed by atoms with Gasteiger partial charge in [-0.05, 0) is 47.9 Å². The van der Waals surface area contributed by atoms with Crippen LogP contribution in [-0.4, -0.2) is 34.6 Å². The van der Waals surface area contributed by atoms with Gasteiger partial charge in [0.25, 0.3) is 11.8 Å². The first kappa shape index (κ1) is 18.7. The van der Waals surface area contributed by atoms with E-state index in [0.717, 1.165) is 5.56 Å². The Morgan fingerprint density at radius 1 is 1.14 bits per heavy atom. The van der Waals surface area contributed by atoms with Gasteiger partial charge in [-0.2, -0.15) is 0 Å². The molecule has 2 heterocycles. The van der Waals surface area contributed by atoms with Crippen molar-refractivity contribution < 1.29 is 19.2 Å². The molecule has 1 fully saturated rings. The number of carbonyl (C=O) groups excluding carboxylic acids is 4. The highest BCUT2D eigenvalue weighted by molar-refractivity contribution is 6.06. The quantitative estimate of drug-likeness (QED) is 0.529. The van der Waals surface area contributed by atoms with Crippen LogP contribution in [0.1, 0.15) is 44.7 Å². The SMILES string of the molecule is Nc1ccc(CNC(=O)c2ccc3c(c2)CN(C2CCC(=O)NC2=O)C3=O)cc1. The third-order valence-corrected chi connectivity index (χ3v) is 5.22. The van der Waals surface area contributed by atoms with Crippen LogP contribution in [0.3, 0.4) is 0 Å². The van der Waals surface area contributed by atoms with Crippen LogP contribution >= 0.6 is 0 Å². The van der Waals surface area contributed by atoms with Crippen LogP contribution in [0.4, 0.5) is 5.69 Å². The lowest BCUT2D eigenvalue weighted by Gasteiger charge is -2.29. The summed E-state index contributed by atoms with van der Waals surface area (Å²) in [6.07, 6.45) is 0.509. The van der Waals surface area contributed by atoms with Crippen molar-refractivity contribution in [1.29, 1.82) is 0 Å². The number of nitrogens with zero attached hydrogens (tertiary/aromatic N) is 1. The molecular formula is C21H20N4O4. The minimum Gasteiger partial charge on any atom is -0.399 e. The molecule has 1 saturated heterocycles. The Kier molecular flexibility index (Phi) is 4.75. The van der Waals surface area contributed by atoms with Crippen molar-refractivity contribution in [2.45, 2.75) is 32.0 Å². The highest BCUT2D eigenvalue weighted by Gasteiger charge is 2.39. The molecule has 4 amide bonds. The number of hydrogen-bond donors (Lipinski definition) is 3. The molecule has 0 aliphatic carbocycles. The van der Waals surface area contributed by atoms with Gasteiger partial charge in [-0.25, -0.2) is 0 Å². The first-order valence-corrected chi connectivity index (χ1v) is 9.32. The number of piperidine rings is 1. The molecule has 4 N–H and O–H groups in total. The summed E-state index contributed by atoms with van der Waals surface area (Å²) < 4.78 is 0. The van der Waals surface area contributed by atoms with E-state index in [1.165, 1.54) is 4.90 Å². The smallest absolute Gasteiger partial charge is 0.255 e. The van der Waals surface area contributed by atoms with Crippen molar-refractivity contribution in [3.8, 4) is 0 Å². The van der Waals surface area contributed by atoms with Crippen LogP contribution in [0.25, 0.3) is 0 Å². The topological polar surface area (TPSA) is 122 Å². The third kappa shape index (κ3) is 3.69. The van der Waals surface area contributed by atoms with Crippen molar-refractivity contribution in [1.82, 2.24) is 15.5 Å². The Morgan fingerprint density at radius 2 is 1.90 bits per heavy atom. The normalized spacial score (nSPS) is 18.4. The van der Waals surface area contributed by atoms with E-state index in [1.807, 2.05) is 12.1 Å². The van der Waals surface area contributed by atoms with E-state index < -0.39 is 11.9 Å². The van der Waals surface area contributed by atoms with E-state index in [4.69, 9.17) is 5.73 Å². The molecule has 148 valence electrons. The minimum atomic E-state index is -0.671. The van der Waals surface area contributed by atoms with Crippen LogP contribution in [-0.2, 0) is 22.7 Å². The number of carbonyl (C=O) groups is 4. The number of anilines is 1. The summed E-state index contributed by atoms with van der Waals surface area (Å²) in [7, 11) is 0. The molecular weight excluding hydrogens is 372 g/mol. The van der Waals surface area contributed by atoms with E-state index in [9.17, 15) is 19.2 Å². The van der Waals surface area contributed by atoms with Crippen LogP contribution < -0.4 is 16.4 Å². The van der Waals surface area contributed by atoms with Crippen LogP contribution in [0.15, 0.2) is 42.5 Å². The molecule has 29 heavy (non-hydrogen) atoms. The summed E-state index contributed by atoms with van der Waals surface area (Å²) in [6, 6.07) is 11.4. The molecule has 4 rings (SSSR count). The molecule has 0 bridgehead atoms. The maximum atomic E-state index is 12.7. The predicted molar refractivity (Wildman–Crippen MR) is 105 cm³/mol. The summed E-state index contributed by atoms with van der Waals surface area (Å²) in [5.41, 5.74) is 8.85. The molecule has 8 heteroatoms. The van der Waals surface area contributed by atoms with Gasteiger partial charge in [0.05, 0.1) is 0 Å². The Morgan fingerprint density at radius 3 is 2.62 bits per heavy atom. The largest absolute Gasteiger partial charge is 0.399 e. The number of rotatable bonds is 4. The van der Waals surface area contributed by atoms with Gasteiger partial charge >= 0.3 is 0 Å². The molecule has 0 saturated carbocycles. The maximum absolute atomic E-state index is 12.7. The molecule has 0 aromatic heterocycles. The number of amides is 4. The van der Waals surface area contributed by atoms with E-state index in [0.29, 0.717) is 35.3 Å². The Hall–Kier alpha value is -3.68. The molecule has 2 aromatic rings.